The van der Waals surface area contributed by atoms with Gasteiger partial charge in [0.2, 0.25) is 0 Å². The molecular formula is C10H14BrNO. The zero-order chi connectivity index (χ0) is 9.84. The fourth-order valence-corrected chi connectivity index (χ4v) is 1.51. The van der Waals surface area contributed by atoms with Crippen LogP contribution in [0, 0.1) is 6.92 Å². The molecule has 13 heavy (non-hydrogen) atoms. The van der Waals surface area contributed by atoms with E-state index in [2.05, 4.69) is 28.9 Å². The molecule has 1 aromatic rings. The van der Waals surface area contributed by atoms with Crippen LogP contribution < -0.4 is 5.73 Å². The van der Waals surface area contributed by atoms with Crippen molar-refractivity contribution in [1.29, 1.82) is 0 Å². The average molecular weight is 244 g/mol. The van der Waals surface area contributed by atoms with Crippen LogP contribution in [-0.4, -0.2) is 13.7 Å². The predicted octanol–water partition coefficient (Wildman–Crippen LogP) is 2.40. The van der Waals surface area contributed by atoms with Gasteiger partial charge in [0.1, 0.15) is 0 Å². The summed E-state index contributed by atoms with van der Waals surface area (Å²) in [6, 6.07) is 6.08. The molecule has 72 valence electrons. The molecule has 0 aliphatic heterocycles. The number of halogens is 1. The molecule has 0 saturated heterocycles. The third-order valence-corrected chi connectivity index (χ3v) is 2.82. The first-order chi connectivity index (χ1) is 6.15. The van der Waals surface area contributed by atoms with E-state index in [1.165, 1.54) is 5.56 Å². The first-order valence-corrected chi connectivity index (χ1v) is 4.95. The fraction of sp³-hybridized carbons (Fsp3) is 0.400. The highest BCUT2D eigenvalue weighted by atomic mass is 79.9. The SMILES string of the molecule is COC[C@@H](N)c1ccc(C)c(Br)c1. The molecule has 2 N–H and O–H groups in total. The minimum Gasteiger partial charge on any atom is -0.383 e. The summed E-state index contributed by atoms with van der Waals surface area (Å²) in [4.78, 5) is 0. The van der Waals surface area contributed by atoms with E-state index in [-0.39, 0.29) is 6.04 Å². The summed E-state index contributed by atoms with van der Waals surface area (Å²) in [5, 5.41) is 0. The Morgan fingerprint density at radius 1 is 1.54 bits per heavy atom. The highest BCUT2D eigenvalue weighted by molar-refractivity contribution is 9.10. The van der Waals surface area contributed by atoms with E-state index in [0.29, 0.717) is 6.61 Å². The maximum Gasteiger partial charge on any atom is 0.0655 e. The summed E-state index contributed by atoms with van der Waals surface area (Å²) in [6.45, 7) is 2.60. The zero-order valence-corrected chi connectivity index (χ0v) is 9.47. The van der Waals surface area contributed by atoms with Gasteiger partial charge >= 0.3 is 0 Å². The van der Waals surface area contributed by atoms with Crippen LogP contribution in [0.1, 0.15) is 17.2 Å². The molecule has 0 unspecified atom stereocenters. The second-order valence-electron chi connectivity index (χ2n) is 3.07. The monoisotopic (exact) mass is 243 g/mol. The van der Waals surface area contributed by atoms with Gasteiger partial charge in [0.05, 0.1) is 12.6 Å². The lowest BCUT2D eigenvalue weighted by atomic mass is 10.1. The van der Waals surface area contributed by atoms with Crippen molar-refractivity contribution in [2.75, 3.05) is 13.7 Å². The van der Waals surface area contributed by atoms with Crippen LogP contribution in [0.4, 0.5) is 0 Å². The van der Waals surface area contributed by atoms with Crippen molar-refractivity contribution < 1.29 is 4.74 Å². The van der Waals surface area contributed by atoms with Gasteiger partial charge in [0.25, 0.3) is 0 Å². The first-order valence-electron chi connectivity index (χ1n) is 4.15. The fourth-order valence-electron chi connectivity index (χ4n) is 1.12. The van der Waals surface area contributed by atoms with E-state index in [0.717, 1.165) is 10.0 Å². The van der Waals surface area contributed by atoms with E-state index >= 15 is 0 Å². The molecule has 0 radical (unpaired) electrons. The van der Waals surface area contributed by atoms with E-state index in [4.69, 9.17) is 10.5 Å². The Hall–Kier alpha value is -0.380. The van der Waals surface area contributed by atoms with Crippen molar-refractivity contribution >= 4 is 15.9 Å². The highest BCUT2D eigenvalue weighted by Crippen LogP contribution is 2.20. The molecule has 0 bridgehead atoms. The van der Waals surface area contributed by atoms with Crippen molar-refractivity contribution in [3.63, 3.8) is 0 Å². The van der Waals surface area contributed by atoms with Gasteiger partial charge in [-0.15, -0.1) is 0 Å². The lowest BCUT2D eigenvalue weighted by molar-refractivity contribution is 0.181. The molecule has 0 fully saturated rings. The summed E-state index contributed by atoms with van der Waals surface area (Å²) >= 11 is 3.47. The Morgan fingerprint density at radius 3 is 2.77 bits per heavy atom. The quantitative estimate of drug-likeness (QED) is 0.886. The molecule has 0 aliphatic rings. The van der Waals surface area contributed by atoms with Crippen molar-refractivity contribution in [3.05, 3.63) is 33.8 Å². The molecular weight excluding hydrogens is 230 g/mol. The van der Waals surface area contributed by atoms with Gasteiger partial charge in [-0.05, 0) is 24.1 Å². The Labute approximate surface area is 87.2 Å². The molecule has 0 amide bonds. The number of benzene rings is 1. The molecule has 1 rings (SSSR count). The van der Waals surface area contributed by atoms with Gasteiger partial charge in [0.15, 0.2) is 0 Å². The maximum absolute atomic E-state index is 5.88. The Morgan fingerprint density at radius 2 is 2.23 bits per heavy atom. The molecule has 0 aromatic heterocycles. The average Bonchev–Trinajstić information content (AvgIpc) is 2.10. The van der Waals surface area contributed by atoms with E-state index in [1.54, 1.807) is 7.11 Å². The number of hydrogen-bond donors (Lipinski definition) is 1. The summed E-state index contributed by atoms with van der Waals surface area (Å²) in [5.41, 5.74) is 8.19. The second kappa shape index (κ2) is 4.74. The van der Waals surface area contributed by atoms with Crippen LogP contribution in [0.3, 0.4) is 0 Å². The number of ether oxygens (including phenoxy) is 1. The first kappa shape index (κ1) is 10.7. The van der Waals surface area contributed by atoms with Crippen LogP contribution in [0.25, 0.3) is 0 Å². The largest absolute Gasteiger partial charge is 0.383 e. The van der Waals surface area contributed by atoms with Crippen LogP contribution in [0.5, 0.6) is 0 Å². The van der Waals surface area contributed by atoms with Crippen molar-refractivity contribution in [2.24, 2.45) is 5.73 Å². The van der Waals surface area contributed by atoms with Gasteiger partial charge in [-0.2, -0.15) is 0 Å². The minimum absolute atomic E-state index is 0.0399. The van der Waals surface area contributed by atoms with Crippen molar-refractivity contribution in [3.8, 4) is 0 Å². The molecule has 0 spiro atoms. The molecule has 1 aromatic carbocycles. The maximum atomic E-state index is 5.88. The standard InChI is InChI=1S/C10H14BrNO/c1-7-3-4-8(5-9(7)11)10(12)6-13-2/h3-5,10H,6,12H2,1-2H3/t10-/m1/s1. The summed E-state index contributed by atoms with van der Waals surface area (Å²) < 4.78 is 6.08. The molecule has 1 atom stereocenters. The summed E-state index contributed by atoms with van der Waals surface area (Å²) in [5.74, 6) is 0. The molecule has 0 heterocycles. The van der Waals surface area contributed by atoms with Crippen LogP contribution >= 0.6 is 15.9 Å². The van der Waals surface area contributed by atoms with Crippen molar-refractivity contribution in [2.45, 2.75) is 13.0 Å². The van der Waals surface area contributed by atoms with Crippen LogP contribution in [0.2, 0.25) is 0 Å². The molecule has 2 nitrogen and oxygen atoms in total. The smallest absolute Gasteiger partial charge is 0.0655 e. The Kier molecular flexibility index (Phi) is 3.90. The van der Waals surface area contributed by atoms with E-state index in [9.17, 15) is 0 Å². The number of rotatable bonds is 3. The lowest BCUT2D eigenvalue weighted by Gasteiger charge is -2.11. The number of methoxy groups -OCH3 is 1. The zero-order valence-electron chi connectivity index (χ0n) is 7.88. The minimum atomic E-state index is -0.0399. The van der Waals surface area contributed by atoms with Gasteiger partial charge in [-0.3, -0.25) is 0 Å². The number of aryl methyl sites for hydroxylation is 1. The Bertz CT molecular complexity index is 288. The van der Waals surface area contributed by atoms with Crippen LogP contribution in [-0.2, 0) is 4.74 Å². The highest BCUT2D eigenvalue weighted by Gasteiger charge is 2.06. The lowest BCUT2D eigenvalue weighted by Crippen LogP contribution is -2.15. The third kappa shape index (κ3) is 2.79. The normalized spacial score (nSPS) is 12.9. The van der Waals surface area contributed by atoms with Gasteiger partial charge in [-0.1, -0.05) is 28.1 Å². The molecule has 0 saturated carbocycles. The van der Waals surface area contributed by atoms with E-state index < -0.39 is 0 Å². The predicted molar refractivity (Wildman–Crippen MR) is 57.7 cm³/mol. The van der Waals surface area contributed by atoms with Gasteiger partial charge in [0, 0.05) is 11.6 Å². The van der Waals surface area contributed by atoms with Gasteiger partial charge in [-0.25, -0.2) is 0 Å². The second-order valence-corrected chi connectivity index (χ2v) is 3.92. The topological polar surface area (TPSA) is 35.2 Å². The third-order valence-electron chi connectivity index (χ3n) is 1.97. The van der Waals surface area contributed by atoms with Crippen LogP contribution in [0.15, 0.2) is 22.7 Å². The Balaban J connectivity index is 2.84. The van der Waals surface area contributed by atoms with Crippen molar-refractivity contribution in [1.82, 2.24) is 0 Å². The summed E-state index contributed by atoms with van der Waals surface area (Å²) in [7, 11) is 1.66. The number of hydrogen-bond acceptors (Lipinski definition) is 2. The van der Waals surface area contributed by atoms with Gasteiger partial charge < -0.3 is 10.5 Å². The summed E-state index contributed by atoms with van der Waals surface area (Å²) in [6.07, 6.45) is 0. The molecule has 0 aliphatic carbocycles. The van der Waals surface area contributed by atoms with E-state index in [1.807, 2.05) is 12.1 Å². The molecule has 3 heteroatoms. The number of nitrogens with two attached hydrogens (primary N) is 1.